The first kappa shape index (κ1) is 5.97. The third-order valence-corrected chi connectivity index (χ3v) is 0.586. The second-order valence-corrected chi connectivity index (χ2v) is 1.00. The van der Waals surface area contributed by atoms with Crippen molar-refractivity contribution in [1.29, 1.82) is 0 Å². The molecule has 1 rings (SSSR count). The molecular formula is C5H5Ni+. The Morgan fingerprint density at radius 1 is 1.50 bits per heavy atom. The number of rotatable bonds is 0. The minimum atomic E-state index is 0. The minimum absolute atomic E-state index is 0. The van der Waals surface area contributed by atoms with Gasteiger partial charge in [-0.2, -0.15) is 6.08 Å². The number of allylic oxidation sites excluding steroid dienone is 4. The molecule has 0 nitrogen and oxygen atoms in total. The van der Waals surface area contributed by atoms with Crippen molar-refractivity contribution in [2.24, 2.45) is 0 Å². The Morgan fingerprint density at radius 2 is 2.33 bits per heavy atom. The van der Waals surface area contributed by atoms with Crippen LogP contribution in [0.2, 0.25) is 0 Å². The van der Waals surface area contributed by atoms with E-state index in [1.165, 1.54) is 0 Å². The van der Waals surface area contributed by atoms with Crippen LogP contribution in [-0.2, 0) is 16.5 Å². The average Bonchev–Trinajstić information content (AvgIpc) is 1.76. The van der Waals surface area contributed by atoms with E-state index in [1.54, 1.807) is 0 Å². The molecule has 0 aromatic heterocycles. The summed E-state index contributed by atoms with van der Waals surface area (Å²) in [6.07, 6.45) is 10.0. The molecule has 0 radical (unpaired) electrons. The van der Waals surface area contributed by atoms with Crippen LogP contribution >= 0.6 is 0 Å². The molecule has 1 heteroatoms. The van der Waals surface area contributed by atoms with Gasteiger partial charge in [-0.3, -0.25) is 6.08 Å². The van der Waals surface area contributed by atoms with Gasteiger partial charge in [-0.15, -0.1) is 6.42 Å². The Morgan fingerprint density at radius 3 is 2.50 bits per heavy atom. The van der Waals surface area contributed by atoms with Crippen molar-refractivity contribution < 1.29 is 16.5 Å². The van der Waals surface area contributed by atoms with E-state index in [2.05, 4.69) is 12.2 Å². The first-order chi connectivity index (χ1) is 2.50. The van der Waals surface area contributed by atoms with Gasteiger partial charge in [0.25, 0.3) is 0 Å². The summed E-state index contributed by atoms with van der Waals surface area (Å²) in [6.45, 7) is 0. The van der Waals surface area contributed by atoms with Gasteiger partial charge in [0, 0.05) is 0 Å². The summed E-state index contributed by atoms with van der Waals surface area (Å²) in [4.78, 5) is 0. The van der Waals surface area contributed by atoms with E-state index in [-0.39, 0.29) is 16.5 Å². The zero-order valence-electron chi connectivity index (χ0n) is 3.26. The van der Waals surface area contributed by atoms with Crippen molar-refractivity contribution in [3.05, 3.63) is 24.3 Å². The molecule has 1 aliphatic carbocycles. The Bertz CT molecular complexity index is 62.0. The zero-order valence-corrected chi connectivity index (χ0v) is 4.24. The minimum Gasteiger partial charge on any atom is -0.273 e. The molecule has 0 unspecified atom stereocenters. The van der Waals surface area contributed by atoms with Crippen molar-refractivity contribution in [2.45, 2.75) is 6.42 Å². The van der Waals surface area contributed by atoms with Crippen LogP contribution < -0.4 is 0 Å². The van der Waals surface area contributed by atoms with E-state index < -0.39 is 0 Å². The van der Waals surface area contributed by atoms with Crippen molar-refractivity contribution in [3.63, 3.8) is 0 Å². The molecule has 34 valence electrons. The molecule has 0 aliphatic heterocycles. The van der Waals surface area contributed by atoms with Gasteiger partial charge in [0.15, 0.2) is 0 Å². The number of hydrogen-bond donors (Lipinski definition) is 0. The van der Waals surface area contributed by atoms with Crippen LogP contribution in [0.3, 0.4) is 0 Å². The van der Waals surface area contributed by atoms with Gasteiger partial charge in [-0.05, 0) is 0 Å². The van der Waals surface area contributed by atoms with Crippen molar-refractivity contribution in [1.82, 2.24) is 0 Å². The Hall–Kier alpha value is -0.0265. The van der Waals surface area contributed by atoms with Crippen molar-refractivity contribution >= 4 is 0 Å². The van der Waals surface area contributed by atoms with Gasteiger partial charge in [0.2, 0.25) is 0 Å². The van der Waals surface area contributed by atoms with Crippen LogP contribution in [0, 0.1) is 6.08 Å². The summed E-state index contributed by atoms with van der Waals surface area (Å²) in [6, 6.07) is 0. The third-order valence-electron chi connectivity index (χ3n) is 0.586. The molecule has 0 saturated heterocycles. The molecule has 0 fully saturated rings. The normalized spacial score (nSPS) is 14.7. The smallest absolute Gasteiger partial charge is 0.273 e. The first-order valence-corrected chi connectivity index (χ1v) is 1.72. The summed E-state index contributed by atoms with van der Waals surface area (Å²) < 4.78 is 0. The van der Waals surface area contributed by atoms with Crippen LogP contribution in [-0.4, -0.2) is 0 Å². The fraction of sp³-hybridized carbons (Fsp3) is 0.200. The largest absolute Gasteiger partial charge is 2.00 e. The van der Waals surface area contributed by atoms with Gasteiger partial charge in [-0.1, -0.05) is 0 Å². The Labute approximate surface area is 47.9 Å². The van der Waals surface area contributed by atoms with Crippen molar-refractivity contribution in [3.8, 4) is 0 Å². The molecule has 0 heterocycles. The summed E-state index contributed by atoms with van der Waals surface area (Å²) >= 11 is 0. The van der Waals surface area contributed by atoms with Crippen LogP contribution in [0.25, 0.3) is 0 Å². The summed E-state index contributed by atoms with van der Waals surface area (Å²) in [5, 5.41) is 0. The zero-order chi connectivity index (χ0) is 3.54. The quantitative estimate of drug-likeness (QED) is 0.337. The van der Waals surface area contributed by atoms with Gasteiger partial charge >= 0.3 is 16.5 Å². The van der Waals surface area contributed by atoms with Crippen molar-refractivity contribution in [2.75, 3.05) is 0 Å². The summed E-state index contributed by atoms with van der Waals surface area (Å²) in [5.74, 6) is 0. The Kier molecular flexibility index (Phi) is 3.16. The third kappa shape index (κ3) is 1.42. The van der Waals surface area contributed by atoms with E-state index in [1.807, 2.05) is 12.2 Å². The Balaban J connectivity index is 0.000000250. The van der Waals surface area contributed by atoms with Gasteiger partial charge in [0.1, 0.15) is 0 Å². The van der Waals surface area contributed by atoms with E-state index in [9.17, 15) is 0 Å². The van der Waals surface area contributed by atoms with Crippen LogP contribution in [0.15, 0.2) is 18.2 Å². The van der Waals surface area contributed by atoms with Gasteiger partial charge in [0.05, 0.1) is 0 Å². The molecule has 0 bridgehead atoms. The van der Waals surface area contributed by atoms with E-state index in [4.69, 9.17) is 0 Å². The SMILES string of the molecule is [C-]1=CC=CC1.[Ni+2]. The maximum absolute atomic E-state index is 2.99. The second-order valence-electron chi connectivity index (χ2n) is 1.00. The predicted octanol–water partition coefficient (Wildman–Crippen LogP) is 1.30. The summed E-state index contributed by atoms with van der Waals surface area (Å²) in [7, 11) is 0. The average molecular weight is 124 g/mol. The molecule has 0 amide bonds. The standard InChI is InChI=1S/C5H5.Ni/c1-2-4-5-3-1;/h1-3H,4H2;/q-1;+2. The second kappa shape index (κ2) is 3.17. The van der Waals surface area contributed by atoms with Crippen LogP contribution in [0.1, 0.15) is 6.42 Å². The summed E-state index contributed by atoms with van der Waals surface area (Å²) in [5.41, 5.74) is 0. The van der Waals surface area contributed by atoms with Crippen LogP contribution in [0.5, 0.6) is 0 Å². The molecular weight excluding hydrogens is 119 g/mol. The molecule has 0 saturated carbocycles. The molecule has 0 N–H and O–H groups in total. The molecule has 0 spiro atoms. The topological polar surface area (TPSA) is 0 Å². The first-order valence-electron chi connectivity index (χ1n) is 1.72. The number of hydrogen-bond acceptors (Lipinski definition) is 0. The van der Waals surface area contributed by atoms with E-state index >= 15 is 0 Å². The monoisotopic (exact) mass is 123 g/mol. The molecule has 6 heavy (non-hydrogen) atoms. The maximum Gasteiger partial charge on any atom is 2.00 e. The van der Waals surface area contributed by atoms with E-state index in [0.717, 1.165) is 6.42 Å². The molecule has 0 atom stereocenters. The van der Waals surface area contributed by atoms with E-state index in [0.29, 0.717) is 0 Å². The van der Waals surface area contributed by atoms with Crippen LogP contribution in [0.4, 0.5) is 0 Å². The van der Waals surface area contributed by atoms with Gasteiger partial charge in [-0.25, -0.2) is 12.2 Å². The predicted molar refractivity (Wildman–Crippen MR) is 21.6 cm³/mol. The van der Waals surface area contributed by atoms with Gasteiger partial charge < -0.3 is 0 Å². The molecule has 0 aromatic rings. The molecule has 1 aliphatic rings. The fourth-order valence-electron chi connectivity index (χ4n) is 0.340. The fourth-order valence-corrected chi connectivity index (χ4v) is 0.340. The molecule has 0 aromatic carbocycles. The maximum atomic E-state index is 2.99.